The van der Waals surface area contributed by atoms with Crippen molar-refractivity contribution in [2.75, 3.05) is 0 Å². The SMILES string of the molecule is Cc1cc(Br)cc(C(Cc2ccc(C(C)C)cc2)NN)c1. The van der Waals surface area contributed by atoms with Gasteiger partial charge in [-0.2, -0.15) is 0 Å². The van der Waals surface area contributed by atoms with Gasteiger partial charge in [0, 0.05) is 4.47 Å². The highest BCUT2D eigenvalue weighted by molar-refractivity contribution is 9.10. The molecule has 2 aromatic carbocycles. The highest BCUT2D eigenvalue weighted by Crippen LogP contribution is 2.24. The van der Waals surface area contributed by atoms with E-state index in [1.54, 1.807) is 0 Å². The molecule has 2 nitrogen and oxygen atoms in total. The van der Waals surface area contributed by atoms with Crippen molar-refractivity contribution in [1.82, 2.24) is 5.43 Å². The van der Waals surface area contributed by atoms with Crippen LogP contribution in [0.15, 0.2) is 46.9 Å². The van der Waals surface area contributed by atoms with Crippen molar-refractivity contribution in [2.24, 2.45) is 5.84 Å². The summed E-state index contributed by atoms with van der Waals surface area (Å²) in [7, 11) is 0. The van der Waals surface area contributed by atoms with Gasteiger partial charge in [-0.05, 0) is 53.6 Å². The van der Waals surface area contributed by atoms with Crippen molar-refractivity contribution in [2.45, 2.75) is 39.2 Å². The topological polar surface area (TPSA) is 38.0 Å². The minimum absolute atomic E-state index is 0.117. The summed E-state index contributed by atoms with van der Waals surface area (Å²) >= 11 is 3.55. The van der Waals surface area contributed by atoms with E-state index in [0.29, 0.717) is 5.92 Å². The Morgan fingerprint density at radius 1 is 1.05 bits per heavy atom. The lowest BCUT2D eigenvalue weighted by Gasteiger charge is -2.18. The highest BCUT2D eigenvalue weighted by atomic mass is 79.9. The Hall–Kier alpha value is -1.16. The van der Waals surface area contributed by atoms with E-state index in [4.69, 9.17) is 5.84 Å². The average Bonchev–Trinajstić information content (AvgIpc) is 2.44. The van der Waals surface area contributed by atoms with Crippen molar-refractivity contribution in [1.29, 1.82) is 0 Å². The van der Waals surface area contributed by atoms with Gasteiger partial charge in [0.05, 0.1) is 6.04 Å². The number of nitrogens with one attached hydrogen (secondary N) is 1. The molecule has 112 valence electrons. The molecule has 0 aromatic heterocycles. The standard InChI is InChI=1S/C18H23BrN2/c1-12(2)15-6-4-14(5-7-15)10-18(21-20)16-8-13(3)9-17(19)11-16/h4-9,11-12,18,21H,10,20H2,1-3H3. The number of aryl methyl sites for hydroxylation is 1. The second kappa shape index (κ2) is 7.21. The molecular weight excluding hydrogens is 324 g/mol. The maximum Gasteiger partial charge on any atom is 0.0500 e. The van der Waals surface area contributed by atoms with Crippen LogP contribution in [0.4, 0.5) is 0 Å². The third kappa shape index (κ3) is 4.40. The quantitative estimate of drug-likeness (QED) is 0.611. The number of hydrogen-bond acceptors (Lipinski definition) is 2. The zero-order chi connectivity index (χ0) is 15.4. The van der Waals surface area contributed by atoms with Crippen molar-refractivity contribution in [3.63, 3.8) is 0 Å². The van der Waals surface area contributed by atoms with Gasteiger partial charge < -0.3 is 0 Å². The molecule has 0 saturated heterocycles. The van der Waals surface area contributed by atoms with E-state index in [0.717, 1.165) is 10.9 Å². The molecule has 0 fully saturated rings. The Labute approximate surface area is 135 Å². The second-order valence-corrected chi connectivity index (χ2v) is 6.80. The summed E-state index contributed by atoms with van der Waals surface area (Å²) in [6.45, 7) is 6.52. The Balaban J connectivity index is 2.18. The molecule has 2 rings (SSSR count). The van der Waals surface area contributed by atoms with Gasteiger partial charge in [0.15, 0.2) is 0 Å². The van der Waals surface area contributed by atoms with Crippen molar-refractivity contribution in [3.8, 4) is 0 Å². The maximum atomic E-state index is 5.77. The van der Waals surface area contributed by atoms with Crippen LogP contribution in [0.2, 0.25) is 0 Å². The Morgan fingerprint density at radius 2 is 1.71 bits per heavy atom. The molecule has 0 aliphatic rings. The van der Waals surface area contributed by atoms with Crippen molar-refractivity contribution in [3.05, 3.63) is 69.2 Å². The summed E-state index contributed by atoms with van der Waals surface area (Å²) in [5.41, 5.74) is 8.04. The van der Waals surface area contributed by atoms with Crippen LogP contribution in [0, 0.1) is 6.92 Å². The largest absolute Gasteiger partial charge is 0.271 e. The molecule has 1 unspecified atom stereocenters. The molecule has 21 heavy (non-hydrogen) atoms. The van der Waals surface area contributed by atoms with Gasteiger partial charge in [0.1, 0.15) is 0 Å². The van der Waals surface area contributed by atoms with Crippen molar-refractivity contribution < 1.29 is 0 Å². The fourth-order valence-corrected chi connectivity index (χ4v) is 3.14. The summed E-state index contributed by atoms with van der Waals surface area (Å²) in [5, 5.41) is 0. The van der Waals surface area contributed by atoms with E-state index in [1.807, 2.05) is 0 Å². The summed E-state index contributed by atoms with van der Waals surface area (Å²) in [5.74, 6) is 6.33. The molecule has 0 aliphatic carbocycles. The summed E-state index contributed by atoms with van der Waals surface area (Å²) in [4.78, 5) is 0. The molecular formula is C18H23BrN2. The fourth-order valence-electron chi connectivity index (χ4n) is 2.51. The van der Waals surface area contributed by atoms with Gasteiger partial charge in [-0.15, -0.1) is 0 Å². The fraction of sp³-hybridized carbons (Fsp3) is 0.333. The van der Waals surface area contributed by atoms with Crippen LogP contribution in [0.5, 0.6) is 0 Å². The van der Waals surface area contributed by atoms with E-state index >= 15 is 0 Å². The first kappa shape index (κ1) is 16.2. The molecule has 1 atom stereocenters. The van der Waals surface area contributed by atoms with E-state index in [9.17, 15) is 0 Å². The lowest BCUT2D eigenvalue weighted by molar-refractivity contribution is 0.551. The van der Waals surface area contributed by atoms with E-state index in [2.05, 4.69) is 84.6 Å². The molecule has 0 spiro atoms. The second-order valence-electron chi connectivity index (χ2n) is 5.88. The summed E-state index contributed by atoms with van der Waals surface area (Å²) < 4.78 is 1.09. The number of benzene rings is 2. The molecule has 3 N–H and O–H groups in total. The monoisotopic (exact) mass is 346 g/mol. The predicted molar refractivity (Wildman–Crippen MR) is 93.2 cm³/mol. The van der Waals surface area contributed by atoms with E-state index in [1.165, 1.54) is 22.3 Å². The van der Waals surface area contributed by atoms with Crippen LogP contribution in [-0.2, 0) is 6.42 Å². The van der Waals surface area contributed by atoms with E-state index in [-0.39, 0.29) is 6.04 Å². The average molecular weight is 347 g/mol. The number of hydrazine groups is 1. The van der Waals surface area contributed by atoms with Gasteiger partial charge in [0.25, 0.3) is 0 Å². The zero-order valence-corrected chi connectivity index (χ0v) is 14.4. The molecule has 0 bridgehead atoms. The third-order valence-electron chi connectivity index (χ3n) is 3.75. The maximum absolute atomic E-state index is 5.77. The van der Waals surface area contributed by atoms with Crippen LogP contribution < -0.4 is 11.3 Å². The van der Waals surface area contributed by atoms with Crippen LogP contribution in [0.25, 0.3) is 0 Å². The van der Waals surface area contributed by atoms with Crippen LogP contribution in [0.3, 0.4) is 0 Å². The van der Waals surface area contributed by atoms with Gasteiger partial charge >= 0.3 is 0 Å². The Kier molecular flexibility index (Phi) is 5.57. The number of rotatable bonds is 5. The Morgan fingerprint density at radius 3 is 2.24 bits per heavy atom. The van der Waals surface area contributed by atoms with Gasteiger partial charge in [-0.1, -0.05) is 60.1 Å². The number of halogens is 1. The molecule has 0 amide bonds. The molecule has 2 aromatic rings. The molecule has 0 aliphatic heterocycles. The van der Waals surface area contributed by atoms with E-state index < -0.39 is 0 Å². The molecule has 0 saturated carbocycles. The van der Waals surface area contributed by atoms with Gasteiger partial charge in [0.2, 0.25) is 0 Å². The number of hydrogen-bond donors (Lipinski definition) is 2. The molecule has 0 radical (unpaired) electrons. The van der Waals surface area contributed by atoms with Crippen LogP contribution in [0.1, 0.15) is 48.1 Å². The lowest BCUT2D eigenvalue weighted by Crippen LogP contribution is -2.29. The van der Waals surface area contributed by atoms with Crippen LogP contribution >= 0.6 is 15.9 Å². The summed E-state index contributed by atoms with van der Waals surface area (Å²) in [6.07, 6.45) is 0.880. The summed E-state index contributed by atoms with van der Waals surface area (Å²) in [6, 6.07) is 15.3. The third-order valence-corrected chi connectivity index (χ3v) is 4.21. The smallest absolute Gasteiger partial charge is 0.0500 e. The first-order chi connectivity index (χ1) is 9.99. The lowest BCUT2D eigenvalue weighted by atomic mass is 9.96. The normalized spacial score (nSPS) is 12.7. The molecule has 3 heteroatoms. The molecule has 0 heterocycles. The van der Waals surface area contributed by atoms with Gasteiger partial charge in [-0.25, -0.2) is 0 Å². The minimum atomic E-state index is 0.117. The Bertz CT molecular complexity index is 570. The van der Waals surface area contributed by atoms with Gasteiger partial charge in [-0.3, -0.25) is 11.3 Å². The zero-order valence-electron chi connectivity index (χ0n) is 12.9. The van der Waals surface area contributed by atoms with Crippen LogP contribution in [-0.4, -0.2) is 0 Å². The number of nitrogens with two attached hydrogens (primary N) is 1. The minimum Gasteiger partial charge on any atom is -0.271 e. The first-order valence-corrected chi connectivity index (χ1v) is 8.11. The first-order valence-electron chi connectivity index (χ1n) is 7.31. The predicted octanol–water partition coefficient (Wildman–Crippen LogP) is 4.63. The van der Waals surface area contributed by atoms with Crippen molar-refractivity contribution >= 4 is 15.9 Å². The highest BCUT2D eigenvalue weighted by Gasteiger charge is 2.12.